The lowest BCUT2D eigenvalue weighted by atomic mass is 10.2. The molecule has 1 aromatic rings. The van der Waals surface area contributed by atoms with Crippen LogP contribution < -0.4 is 22.9 Å². The number of halogens is 1. The van der Waals surface area contributed by atoms with Crippen molar-refractivity contribution < 1.29 is 28.6 Å². The van der Waals surface area contributed by atoms with Crippen LogP contribution in [0.3, 0.4) is 0 Å². The molecule has 1 aromatic heterocycles. The molecule has 11 nitrogen and oxygen atoms in total. The molecule has 1 aliphatic rings. The molecule has 0 saturated carbocycles. The topological polar surface area (TPSA) is 186 Å². The van der Waals surface area contributed by atoms with Crippen molar-refractivity contribution in [1.29, 1.82) is 0 Å². The van der Waals surface area contributed by atoms with Gasteiger partial charge in [-0.05, 0) is 12.8 Å². The van der Waals surface area contributed by atoms with Crippen molar-refractivity contribution in [3.8, 4) is 0 Å². The van der Waals surface area contributed by atoms with Gasteiger partial charge in [0.05, 0.1) is 25.4 Å². The van der Waals surface area contributed by atoms with Crippen LogP contribution in [-0.4, -0.2) is 52.4 Å². The van der Waals surface area contributed by atoms with Gasteiger partial charge in [0.25, 0.3) is 0 Å². The number of esters is 1. The highest BCUT2D eigenvalue weighted by atomic mass is 19.1. The van der Waals surface area contributed by atoms with Gasteiger partial charge >= 0.3 is 17.6 Å². The third-order valence-corrected chi connectivity index (χ3v) is 3.10. The average Bonchev–Trinajstić information content (AvgIpc) is 3.26. The summed E-state index contributed by atoms with van der Waals surface area (Å²) in [6, 6.07) is 0. The lowest BCUT2D eigenvalue weighted by Gasteiger charge is -2.15. The number of carboxylic acid groups (broad SMARTS) is 1. The number of rotatable bonds is 5. The number of hydrogen-bond donors (Lipinski definition) is 4. The molecule has 0 spiro atoms. The van der Waals surface area contributed by atoms with Gasteiger partial charge in [-0.2, -0.15) is 4.98 Å². The van der Waals surface area contributed by atoms with Crippen LogP contribution in [0, 0.1) is 5.82 Å². The quantitative estimate of drug-likeness (QED) is 0.360. The monoisotopic (exact) mass is 477 g/mol. The van der Waals surface area contributed by atoms with Crippen LogP contribution in [0.1, 0.15) is 59.6 Å². The Bertz CT molecular complexity index is 715. The Kier molecular flexibility index (Phi) is 23.6. The Morgan fingerprint density at radius 1 is 1.21 bits per heavy atom. The van der Waals surface area contributed by atoms with Gasteiger partial charge in [0.15, 0.2) is 11.6 Å². The molecule has 1 fully saturated rings. The van der Waals surface area contributed by atoms with E-state index < -0.39 is 35.5 Å². The third-order valence-electron chi connectivity index (χ3n) is 3.10. The summed E-state index contributed by atoms with van der Waals surface area (Å²) in [6.07, 6.45) is 3.51. The largest absolute Gasteiger partial charge is 0.480 e. The summed E-state index contributed by atoms with van der Waals surface area (Å²) in [5.74, 6) is -2.73. The molecule has 2 atom stereocenters. The van der Waals surface area contributed by atoms with E-state index in [1.165, 1.54) is 12.8 Å². The Balaban J connectivity index is -0.000000577. The van der Waals surface area contributed by atoms with Crippen molar-refractivity contribution in [1.82, 2.24) is 9.55 Å². The third kappa shape index (κ3) is 17.4. The molecule has 33 heavy (non-hydrogen) atoms. The summed E-state index contributed by atoms with van der Waals surface area (Å²) in [7, 11) is 0. The summed E-state index contributed by atoms with van der Waals surface area (Å²) < 4.78 is 24.7. The first-order valence-electron chi connectivity index (χ1n) is 10.6. The first-order chi connectivity index (χ1) is 15.6. The van der Waals surface area contributed by atoms with Crippen LogP contribution in [0.4, 0.5) is 10.2 Å². The summed E-state index contributed by atoms with van der Waals surface area (Å²) in [4.78, 5) is 35.1. The number of aliphatic carboxylic acids is 1. The van der Waals surface area contributed by atoms with E-state index in [0.717, 1.165) is 10.8 Å². The highest BCUT2D eigenvalue weighted by Gasteiger charge is 2.28. The molecular weight excluding hydrogens is 437 g/mol. The maximum Gasteiger partial charge on any atom is 0.351 e. The lowest BCUT2D eigenvalue weighted by Crippen LogP contribution is -2.29. The Morgan fingerprint density at radius 3 is 2.12 bits per heavy atom. The van der Waals surface area contributed by atoms with Crippen LogP contribution in [0.5, 0.6) is 0 Å². The summed E-state index contributed by atoms with van der Waals surface area (Å²) in [6.45, 7) is 14.1. The van der Waals surface area contributed by atoms with E-state index >= 15 is 0 Å². The van der Waals surface area contributed by atoms with Crippen molar-refractivity contribution in [3.63, 3.8) is 0 Å². The van der Waals surface area contributed by atoms with E-state index in [0.29, 0.717) is 12.8 Å². The zero-order chi connectivity index (χ0) is 26.4. The molecule has 2 unspecified atom stereocenters. The maximum absolute atomic E-state index is 13.3. The van der Waals surface area contributed by atoms with Crippen molar-refractivity contribution in [2.45, 2.75) is 65.7 Å². The summed E-state index contributed by atoms with van der Waals surface area (Å²) in [5.41, 5.74) is 14.2. The van der Waals surface area contributed by atoms with Crippen molar-refractivity contribution in [3.05, 3.63) is 35.7 Å². The van der Waals surface area contributed by atoms with E-state index in [4.69, 9.17) is 26.0 Å². The van der Waals surface area contributed by atoms with Gasteiger partial charge in [-0.25, -0.2) is 9.18 Å². The molecular formula is C21H40FN5O6. The predicted octanol–water partition coefficient (Wildman–Crippen LogP) is 1.81. The molecule has 0 aromatic carbocycles. The van der Waals surface area contributed by atoms with Crippen LogP contribution in [-0.2, 0) is 19.1 Å². The SMILES string of the molecule is C=C.CCC.CCC.NCC(=O)O.NCC(=O)OCC1CCC(n2cc(F)c(N)nc2=O)O1. The maximum atomic E-state index is 13.3. The molecule has 2 rings (SSSR count). The van der Waals surface area contributed by atoms with Gasteiger partial charge < -0.3 is 31.8 Å². The molecule has 0 bridgehead atoms. The molecule has 0 radical (unpaired) electrons. The van der Waals surface area contributed by atoms with E-state index in [2.05, 4.69) is 51.6 Å². The number of hydrogen-bond acceptors (Lipinski definition) is 9. The van der Waals surface area contributed by atoms with Gasteiger partial charge in [-0.1, -0.05) is 40.5 Å². The van der Waals surface area contributed by atoms with E-state index in [-0.39, 0.29) is 25.8 Å². The van der Waals surface area contributed by atoms with Gasteiger partial charge in [0.1, 0.15) is 12.8 Å². The lowest BCUT2D eigenvalue weighted by molar-refractivity contribution is -0.146. The fraction of sp³-hybridized carbons (Fsp3) is 0.619. The number of carbonyl (C=O) groups excluding carboxylic acids is 1. The molecule has 2 heterocycles. The normalized spacial score (nSPS) is 15.6. The highest BCUT2D eigenvalue weighted by Crippen LogP contribution is 2.27. The number of ether oxygens (including phenoxy) is 2. The smallest absolute Gasteiger partial charge is 0.351 e. The molecule has 1 aliphatic heterocycles. The number of nitrogens with zero attached hydrogens (tertiary/aromatic N) is 2. The minimum Gasteiger partial charge on any atom is -0.480 e. The van der Waals surface area contributed by atoms with E-state index in [1.54, 1.807) is 0 Å². The first-order valence-corrected chi connectivity index (χ1v) is 10.6. The van der Waals surface area contributed by atoms with Gasteiger partial charge in [0, 0.05) is 0 Å². The summed E-state index contributed by atoms with van der Waals surface area (Å²) >= 11 is 0. The molecule has 0 amide bonds. The first kappa shape index (κ1) is 34.8. The molecule has 12 heteroatoms. The van der Waals surface area contributed by atoms with E-state index in [1.807, 2.05) is 0 Å². The molecule has 7 N–H and O–H groups in total. The predicted molar refractivity (Wildman–Crippen MR) is 126 cm³/mol. The molecule has 0 aliphatic carbocycles. The zero-order valence-electron chi connectivity index (χ0n) is 20.1. The summed E-state index contributed by atoms with van der Waals surface area (Å²) in [5, 5.41) is 7.60. The standard InChI is InChI=1S/C11H15FN4O4.2C3H8.C2H5NO2.C2H4/c12-7-4-16(11(18)15-10(7)14)8-2-1-6(20-8)5-19-9(17)3-13;2*1-3-2;3-1-2(4)5;1-2/h4,6,8H,1-3,5,13H2,(H2,14,15,18);2*3H2,1-2H3;1,3H2,(H,4,5);1-2H2. The minimum absolute atomic E-state index is 0.0478. The van der Waals surface area contributed by atoms with Crippen molar-refractivity contribution in [2.24, 2.45) is 11.5 Å². The average molecular weight is 478 g/mol. The fourth-order valence-corrected chi connectivity index (χ4v) is 1.92. The van der Waals surface area contributed by atoms with Crippen LogP contribution in [0.2, 0.25) is 0 Å². The second-order valence-corrected chi connectivity index (χ2v) is 6.35. The van der Waals surface area contributed by atoms with Gasteiger partial charge in [-0.15, -0.1) is 13.2 Å². The van der Waals surface area contributed by atoms with Gasteiger partial charge in [-0.3, -0.25) is 14.2 Å². The molecule has 192 valence electrons. The fourth-order valence-electron chi connectivity index (χ4n) is 1.92. The van der Waals surface area contributed by atoms with E-state index in [9.17, 15) is 18.8 Å². The van der Waals surface area contributed by atoms with Crippen molar-refractivity contribution >= 4 is 17.8 Å². The number of anilines is 1. The highest BCUT2D eigenvalue weighted by molar-refractivity contribution is 5.71. The number of nitrogens with two attached hydrogens (primary N) is 3. The zero-order valence-corrected chi connectivity index (χ0v) is 20.1. The minimum atomic E-state index is -0.968. The Morgan fingerprint density at radius 2 is 1.70 bits per heavy atom. The van der Waals surface area contributed by atoms with Crippen molar-refractivity contribution in [2.75, 3.05) is 25.4 Å². The molecule has 1 saturated heterocycles. The second kappa shape index (κ2) is 22.4. The van der Waals surface area contributed by atoms with Gasteiger partial charge in [0.2, 0.25) is 0 Å². The van der Waals surface area contributed by atoms with Crippen LogP contribution in [0.15, 0.2) is 24.1 Å². The van der Waals surface area contributed by atoms with Crippen LogP contribution in [0.25, 0.3) is 0 Å². The number of nitrogen functional groups attached to an aromatic ring is 1. The second-order valence-electron chi connectivity index (χ2n) is 6.35. The number of carbonyl (C=O) groups is 2. The Labute approximate surface area is 194 Å². The number of aromatic nitrogens is 2. The number of carboxylic acids is 1. The van der Waals surface area contributed by atoms with Crippen LogP contribution >= 0.6 is 0 Å². The Hall–Kier alpha value is -2.83.